The van der Waals surface area contributed by atoms with Gasteiger partial charge in [-0.2, -0.15) is 0 Å². The molecule has 0 aliphatic heterocycles. The van der Waals surface area contributed by atoms with Gasteiger partial charge in [-0.15, -0.1) is 0 Å². The predicted octanol–water partition coefficient (Wildman–Crippen LogP) is 4.94. The fourth-order valence-electron chi connectivity index (χ4n) is 3.91. The number of fused-ring (bicyclic) bond motifs is 1. The van der Waals surface area contributed by atoms with Crippen molar-refractivity contribution in [1.82, 2.24) is 9.88 Å². The summed E-state index contributed by atoms with van der Waals surface area (Å²) in [7, 11) is -1.05. The molecule has 1 amide bonds. The lowest BCUT2D eigenvalue weighted by Crippen LogP contribution is -2.25. The third-order valence-electron chi connectivity index (χ3n) is 5.52. The topological polar surface area (TPSA) is 51.1 Å². The number of carbonyl (C=O) groups is 1. The van der Waals surface area contributed by atoms with Crippen LogP contribution in [0.15, 0.2) is 96.0 Å². The van der Waals surface area contributed by atoms with E-state index in [9.17, 15) is 9.00 Å². The number of benzene rings is 3. The molecule has 0 spiro atoms. The predicted molar refractivity (Wildman–Crippen MR) is 131 cm³/mol. The van der Waals surface area contributed by atoms with Crippen molar-refractivity contribution in [1.29, 1.82) is 0 Å². The summed E-state index contributed by atoms with van der Waals surface area (Å²) in [4.78, 5) is 13.1. The number of hydrogen-bond acceptors (Lipinski definition) is 2. The lowest BCUT2D eigenvalue weighted by molar-refractivity contribution is -0.121. The van der Waals surface area contributed by atoms with Crippen LogP contribution in [-0.4, -0.2) is 27.0 Å². The van der Waals surface area contributed by atoms with Crippen LogP contribution in [0.1, 0.15) is 24.0 Å². The first-order chi connectivity index (χ1) is 15.7. The molecule has 4 nitrogen and oxygen atoms in total. The van der Waals surface area contributed by atoms with Crippen molar-refractivity contribution in [2.24, 2.45) is 0 Å². The minimum atomic E-state index is -1.05. The van der Waals surface area contributed by atoms with Crippen molar-refractivity contribution in [2.45, 2.75) is 30.7 Å². The minimum absolute atomic E-state index is 0.0167. The highest BCUT2D eigenvalue weighted by Gasteiger charge is 2.10. The Morgan fingerprint density at radius 1 is 0.875 bits per heavy atom. The van der Waals surface area contributed by atoms with Crippen molar-refractivity contribution in [3.63, 3.8) is 0 Å². The molecule has 5 heteroatoms. The Bertz CT molecular complexity index is 1190. The van der Waals surface area contributed by atoms with Crippen LogP contribution in [0.25, 0.3) is 10.9 Å². The maximum Gasteiger partial charge on any atom is 0.220 e. The summed E-state index contributed by atoms with van der Waals surface area (Å²) in [6.07, 6.45) is 3.99. The molecule has 0 saturated carbocycles. The van der Waals surface area contributed by atoms with Gasteiger partial charge in [-0.1, -0.05) is 66.7 Å². The van der Waals surface area contributed by atoms with Gasteiger partial charge in [0.25, 0.3) is 0 Å². The van der Waals surface area contributed by atoms with E-state index in [0.29, 0.717) is 25.1 Å². The number of amides is 1. The summed E-state index contributed by atoms with van der Waals surface area (Å²) in [5.41, 5.74) is 3.71. The second-order valence-corrected chi connectivity index (χ2v) is 9.42. The Kier molecular flexibility index (Phi) is 7.51. The summed E-state index contributed by atoms with van der Waals surface area (Å²) in [6, 6.07) is 28.3. The Balaban J connectivity index is 1.28. The number of nitrogens with zero attached hydrogens (tertiary/aromatic N) is 1. The quantitative estimate of drug-likeness (QED) is 0.377. The van der Waals surface area contributed by atoms with Crippen LogP contribution in [0, 0.1) is 0 Å². The van der Waals surface area contributed by atoms with Gasteiger partial charge >= 0.3 is 0 Å². The van der Waals surface area contributed by atoms with Crippen molar-refractivity contribution < 1.29 is 9.00 Å². The van der Waals surface area contributed by atoms with E-state index >= 15 is 0 Å². The Hall–Kier alpha value is -3.18. The number of nitrogens with one attached hydrogen (secondary N) is 1. The fraction of sp³-hybridized carbons (Fsp3) is 0.222. The standard InChI is InChI=1S/C27H28N2O2S/c30-27(16-9-19-32(31)24-12-5-2-6-13-24)28-18-17-23-21-29(20-22-10-3-1-4-11-22)26-15-8-7-14-25(23)26/h1-8,10-15,21H,9,16-20H2,(H,28,30). The molecule has 1 aromatic heterocycles. The first-order valence-corrected chi connectivity index (χ1v) is 12.3. The van der Waals surface area contributed by atoms with Gasteiger partial charge in [0.2, 0.25) is 5.91 Å². The molecular weight excluding hydrogens is 416 g/mol. The van der Waals surface area contributed by atoms with Gasteiger partial charge in [0.15, 0.2) is 0 Å². The van der Waals surface area contributed by atoms with Crippen LogP contribution < -0.4 is 5.32 Å². The number of carbonyl (C=O) groups excluding carboxylic acids is 1. The molecule has 0 bridgehead atoms. The zero-order chi connectivity index (χ0) is 22.2. The third kappa shape index (κ3) is 5.74. The van der Waals surface area contributed by atoms with Crippen molar-refractivity contribution in [2.75, 3.05) is 12.3 Å². The zero-order valence-electron chi connectivity index (χ0n) is 18.1. The Morgan fingerprint density at radius 2 is 1.56 bits per heavy atom. The summed E-state index contributed by atoms with van der Waals surface area (Å²) >= 11 is 0. The van der Waals surface area contributed by atoms with E-state index in [4.69, 9.17) is 0 Å². The highest BCUT2D eigenvalue weighted by Crippen LogP contribution is 2.22. The summed E-state index contributed by atoms with van der Waals surface area (Å²) in [5.74, 6) is 0.521. The van der Waals surface area contributed by atoms with E-state index in [1.807, 2.05) is 36.4 Å². The molecule has 0 aliphatic rings. The second-order valence-electron chi connectivity index (χ2n) is 7.85. The number of para-hydroxylation sites is 1. The number of hydrogen-bond donors (Lipinski definition) is 1. The monoisotopic (exact) mass is 444 g/mol. The van der Waals surface area contributed by atoms with Crippen LogP contribution in [0.2, 0.25) is 0 Å². The molecule has 1 atom stereocenters. The second kappa shape index (κ2) is 10.9. The molecule has 1 unspecified atom stereocenters. The molecule has 4 aromatic rings. The van der Waals surface area contributed by atoms with Gasteiger partial charge in [0.1, 0.15) is 0 Å². The van der Waals surface area contributed by atoms with E-state index in [0.717, 1.165) is 17.9 Å². The average Bonchev–Trinajstić information content (AvgIpc) is 3.17. The molecule has 0 aliphatic carbocycles. The van der Waals surface area contributed by atoms with Gasteiger partial charge in [0.05, 0.1) is 10.8 Å². The van der Waals surface area contributed by atoms with Crippen molar-refractivity contribution in [3.05, 3.63) is 102 Å². The zero-order valence-corrected chi connectivity index (χ0v) is 18.9. The molecule has 3 aromatic carbocycles. The SMILES string of the molecule is O=C(CCCS(=O)c1ccccc1)NCCc1cn(Cc2ccccc2)c2ccccc12. The Morgan fingerprint density at radius 3 is 2.34 bits per heavy atom. The smallest absolute Gasteiger partial charge is 0.220 e. The molecule has 4 rings (SSSR count). The molecule has 32 heavy (non-hydrogen) atoms. The van der Waals surface area contributed by atoms with Crippen LogP contribution in [0.4, 0.5) is 0 Å². The lowest BCUT2D eigenvalue weighted by atomic mass is 10.1. The minimum Gasteiger partial charge on any atom is -0.356 e. The maximum atomic E-state index is 12.3. The van der Waals surface area contributed by atoms with Gasteiger partial charge in [0, 0.05) is 47.3 Å². The van der Waals surface area contributed by atoms with Crippen molar-refractivity contribution >= 4 is 27.6 Å². The van der Waals surface area contributed by atoms with E-state index in [1.165, 1.54) is 22.0 Å². The van der Waals surface area contributed by atoms with Gasteiger partial charge in [-0.3, -0.25) is 9.00 Å². The molecule has 1 heterocycles. The molecular formula is C27H28N2O2S. The molecule has 1 N–H and O–H groups in total. The first-order valence-electron chi connectivity index (χ1n) is 11.0. The fourth-order valence-corrected chi connectivity index (χ4v) is 5.01. The van der Waals surface area contributed by atoms with Crippen LogP contribution in [0.5, 0.6) is 0 Å². The largest absolute Gasteiger partial charge is 0.356 e. The molecule has 0 radical (unpaired) electrons. The van der Waals surface area contributed by atoms with Gasteiger partial charge in [-0.05, 0) is 42.2 Å². The molecule has 0 fully saturated rings. The highest BCUT2D eigenvalue weighted by atomic mass is 32.2. The van der Waals surface area contributed by atoms with Crippen LogP contribution >= 0.6 is 0 Å². The van der Waals surface area contributed by atoms with Crippen molar-refractivity contribution in [3.8, 4) is 0 Å². The van der Waals surface area contributed by atoms with Crippen LogP contribution in [-0.2, 0) is 28.6 Å². The average molecular weight is 445 g/mol. The number of rotatable bonds is 10. The van der Waals surface area contributed by atoms with E-state index in [-0.39, 0.29) is 5.91 Å². The number of aromatic nitrogens is 1. The van der Waals surface area contributed by atoms with Gasteiger partial charge < -0.3 is 9.88 Å². The Labute approximate surface area is 191 Å². The molecule has 164 valence electrons. The normalized spacial score (nSPS) is 12.0. The summed E-state index contributed by atoms with van der Waals surface area (Å²) in [5, 5.41) is 4.25. The van der Waals surface area contributed by atoms with E-state index < -0.39 is 10.8 Å². The lowest BCUT2D eigenvalue weighted by Gasteiger charge is -2.05. The summed E-state index contributed by atoms with van der Waals surface area (Å²) in [6.45, 7) is 1.42. The van der Waals surface area contributed by atoms with Crippen LogP contribution in [0.3, 0.4) is 0 Å². The molecule has 0 saturated heterocycles. The van der Waals surface area contributed by atoms with E-state index in [1.54, 1.807) is 0 Å². The third-order valence-corrected chi connectivity index (χ3v) is 6.98. The maximum absolute atomic E-state index is 12.3. The van der Waals surface area contributed by atoms with Gasteiger partial charge in [-0.25, -0.2) is 0 Å². The van der Waals surface area contributed by atoms with E-state index in [2.05, 4.69) is 64.6 Å². The first kappa shape index (κ1) is 22.0. The highest BCUT2D eigenvalue weighted by molar-refractivity contribution is 7.85. The summed E-state index contributed by atoms with van der Waals surface area (Å²) < 4.78 is 14.5.